The molecule has 1 aromatic rings. The highest BCUT2D eigenvalue weighted by Crippen LogP contribution is 2.54. The average molecular weight is 269 g/mol. The van der Waals surface area contributed by atoms with Crippen LogP contribution in [0.4, 0.5) is 0 Å². The Labute approximate surface area is 112 Å². The van der Waals surface area contributed by atoms with Crippen LogP contribution < -0.4 is 9.47 Å². The van der Waals surface area contributed by atoms with Gasteiger partial charge in [-0.3, -0.25) is 0 Å². The second kappa shape index (κ2) is 4.04. The molecular weight excluding hydrogens is 252 g/mol. The van der Waals surface area contributed by atoms with Crippen LogP contribution in [0.1, 0.15) is 43.7 Å². The Morgan fingerprint density at radius 2 is 1.94 bits per heavy atom. The number of aliphatic hydroxyl groups is 1. The van der Waals surface area contributed by atoms with Gasteiger partial charge in [-0.05, 0) is 18.8 Å². The molecule has 1 heterocycles. The van der Waals surface area contributed by atoms with Gasteiger partial charge in [-0.2, -0.15) is 0 Å². The van der Waals surface area contributed by atoms with Crippen molar-refractivity contribution < 1.29 is 14.6 Å². The largest absolute Gasteiger partial charge is 0.486 e. The van der Waals surface area contributed by atoms with E-state index in [1.165, 1.54) is 0 Å². The highest BCUT2D eigenvalue weighted by atomic mass is 35.5. The van der Waals surface area contributed by atoms with E-state index in [4.69, 9.17) is 21.1 Å². The third-order valence-corrected chi connectivity index (χ3v) is 3.89. The van der Waals surface area contributed by atoms with E-state index in [-0.39, 0.29) is 5.92 Å². The van der Waals surface area contributed by atoms with E-state index >= 15 is 0 Å². The van der Waals surface area contributed by atoms with Crippen LogP contribution in [0.2, 0.25) is 5.02 Å². The van der Waals surface area contributed by atoms with Crippen molar-refractivity contribution in [3.8, 4) is 11.5 Å². The van der Waals surface area contributed by atoms with E-state index in [1.54, 1.807) is 6.07 Å². The number of ether oxygens (including phenoxy) is 2. The maximum atomic E-state index is 10.4. The van der Waals surface area contributed by atoms with E-state index in [2.05, 4.69) is 13.8 Å². The minimum Gasteiger partial charge on any atom is -0.486 e. The second-order valence-electron chi connectivity index (χ2n) is 5.36. The molecule has 1 aromatic carbocycles. The SMILES string of the molecule is CC(C)c1c2c(cc(Cl)c1C1(O)CC1)OCCO2. The fourth-order valence-corrected chi connectivity index (χ4v) is 2.95. The number of rotatable bonds is 2. The van der Waals surface area contributed by atoms with Gasteiger partial charge in [0.1, 0.15) is 13.2 Å². The van der Waals surface area contributed by atoms with Crippen LogP contribution in [-0.4, -0.2) is 18.3 Å². The number of benzene rings is 1. The number of halogens is 1. The monoisotopic (exact) mass is 268 g/mol. The van der Waals surface area contributed by atoms with Gasteiger partial charge in [0.25, 0.3) is 0 Å². The van der Waals surface area contributed by atoms with Crippen LogP contribution >= 0.6 is 11.6 Å². The Morgan fingerprint density at radius 3 is 2.56 bits per heavy atom. The predicted octanol–water partition coefficient (Wildman–Crippen LogP) is 3.22. The summed E-state index contributed by atoms with van der Waals surface area (Å²) in [7, 11) is 0. The van der Waals surface area contributed by atoms with Gasteiger partial charge in [-0.25, -0.2) is 0 Å². The van der Waals surface area contributed by atoms with Crippen molar-refractivity contribution in [3.63, 3.8) is 0 Å². The molecule has 0 saturated heterocycles. The summed E-state index contributed by atoms with van der Waals surface area (Å²) in [6.45, 7) is 5.26. The molecule has 4 heteroatoms. The summed E-state index contributed by atoms with van der Waals surface area (Å²) in [6.07, 6.45) is 1.54. The maximum Gasteiger partial charge on any atom is 0.165 e. The van der Waals surface area contributed by atoms with Crippen molar-refractivity contribution in [2.75, 3.05) is 13.2 Å². The first kappa shape index (κ1) is 12.1. The first-order chi connectivity index (χ1) is 8.53. The Balaban J connectivity index is 2.24. The summed E-state index contributed by atoms with van der Waals surface area (Å²) >= 11 is 6.34. The van der Waals surface area contributed by atoms with Gasteiger partial charge in [0, 0.05) is 17.2 Å². The molecule has 1 fully saturated rings. The highest BCUT2D eigenvalue weighted by Gasteiger charge is 2.47. The molecule has 0 amide bonds. The Hall–Kier alpha value is -0.930. The molecule has 0 atom stereocenters. The Bertz CT molecular complexity index is 492. The second-order valence-corrected chi connectivity index (χ2v) is 5.76. The molecule has 3 nitrogen and oxygen atoms in total. The van der Waals surface area contributed by atoms with Crippen LogP contribution in [0.5, 0.6) is 11.5 Å². The molecule has 1 aliphatic carbocycles. The predicted molar refractivity (Wildman–Crippen MR) is 69.7 cm³/mol. The molecule has 0 bridgehead atoms. The first-order valence-corrected chi connectivity index (χ1v) is 6.75. The van der Waals surface area contributed by atoms with Crippen molar-refractivity contribution in [2.45, 2.75) is 38.2 Å². The highest BCUT2D eigenvalue weighted by molar-refractivity contribution is 6.32. The van der Waals surface area contributed by atoms with E-state index in [0.29, 0.717) is 24.0 Å². The Morgan fingerprint density at radius 1 is 1.28 bits per heavy atom. The lowest BCUT2D eigenvalue weighted by Gasteiger charge is -2.27. The summed E-state index contributed by atoms with van der Waals surface area (Å²) in [6, 6.07) is 1.77. The lowest BCUT2D eigenvalue weighted by atomic mass is 9.91. The molecule has 3 rings (SSSR count). The van der Waals surface area contributed by atoms with Crippen molar-refractivity contribution in [2.24, 2.45) is 0 Å². The van der Waals surface area contributed by atoms with E-state index < -0.39 is 5.60 Å². The third-order valence-electron chi connectivity index (χ3n) is 3.59. The van der Waals surface area contributed by atoms with Gasteiger partial charge in [0.05, 0.1) is 10.6 Å². The third kappa shape index (κ3) is 1.77. The molecule has 0 unspecified atom stereocenters. The number of fused-ring (bicyclic) bond motifs is 1. The lowest BCUT2D eigenvalue weighted by Crippen LogP contribution is -2.20. The molecule has 1 saturated carbocycles. The van der Waals surface area contributed by atoms with Crippen molar-refractivity contribution in [1.29, 1.82) is 0 Å². The minimum absolute atomic E-state index is 0.235. The summed E-state index contributed by atoms with van der Waals surface area (Å²) < 4.78 is 11.3. The van der Waals surface area contributed by atoms with Gasteiger partial charge in [-0.15, -0.1) is 0 Å². The normalized spacial score (nSPS) is 20.1. The maximum absolute atomic E-state index is 10.4. The van der Waals surface area contributed by atoms with Crippen molar-refractivity contribution >= 4 is 11.6 Å². The van der Waals surface area contributed by atoms with Gasteiger partial charge in [0.15, 0.2) is 11.5 Å². The zero-order valence-electron chi connectivity index (χ0n) is 10.6. The standard InChI is InChI=1S/C14H17ClO3/c1-8(2)11-12(14(16)3-4-14)9(15)7-10-13(11)18-6-5-17-10/h7-8,16H,3-6H2,1-2H3. The van der Waals surface area contributed by atoms with Crippen LogP contribution in [0.25, 0.3) is 0 Å². The first-order valence-electron chi connectivity index (χ1n) is 6.38. The molecule has 1 aliphatic heterocycles. The fourth-order valence-electron chi connectivity index (χ4n) is 2.57. The Kier molecular flexibility index (Phi) is 2.72. The molecule has 18 heavy (non-hydrogen) atoms. The molecular formula is C14H17ClO3. The van der Waals surface area contributed by atoms with E-state index in [9.17, 15) is 5.11 Å². The lowest BCUT2D eigenvalue weighted by molar-refractivity contribution is 0.144. The summed E-state index contributed by atoms with van der Waals surface area (Å²) in [4.78, 5) is 0. The smallest absolute Gasteiger partial charge is 0.165 e. The average Bonchev–Trinajstić information content (AvgIpc) is 3.06. The minimum atomic E-state index is -0.757. The van der Waals surface area contributed by atoms with Gasteiger partial charge in [-0.1, -0.05) is 25.4 Å². The molecule has 0 radical (unpaired) electrons. The van der Waals surface area contributed by atoms with Crippen LogP contribution in [0, 0.1) is 0 Å². The van der Waals surface area contributed by atoms with Crippen LogP contribution in [0.15, 0.2) is 6.07 Å². The van der Waals surface area contributed by atoms with E-state index in [0.717, 1.165) is 29.7 Å². The summed E-state index contributed by atoms with van der Waals surface area (Å²) in [5, 5.41) is 11.0. The van der Waals surface area contributed by atoms with Crippen LogP contribution in [-0.2, 0) is 5.60 Å². The zero-order chi connectivity index (χ0) is 12.9. The molecule has 0 aromatic heterocycles. The van der Waals surface area contributed by atoms with Crippen molar-refractivity contribution in [1.82, 2.24) is 0 Å². The quantitative estimate of drug-likeness (QED) is 0.895. The van der Waals surface area contributed by atoms with Crippen molar-refractivity contribution in [3.05, 3.63) is 22.2 Å². The fraction of sp³-hybridized carbons (Fsp3) is 0.571. The number of hydrogen-bond acceptors (Lipinski definition) is 3. The van der Waals surface area contributed by atoms with Gasteiger partial charge >= 0.3 is 0 Å². The molecule has 1 N–H and O–H groups in total. The molecule has 98 valence electrons. The molecule has 2 aliphatic rings. The number of hydrogen-bond donors (Lipinski definition) is 1. The van der Waals surface area contributed by atoms with E-state index in [1.807, 2.05) is 0 Å². The van der Waals surface area contributed by atoms with Gasteiger partial charge in [0.2, 0.25) is 0 Å². The summed E-state index contributed by atoms with van der Waals surface area (Å²) in [5.41, 5.74) is 1.08. The summed E-state index contributed by atoms with van der Waals surface area (Å²) in [5.74, 6) is 1.69. The van der Waals surface area contributed by atoms with Gasteiger partial charge < -0.3 is 14.6 Å². The molecule has 0 spiro atoms. The van der Waals surface area contributed by atoms with Crippen LogP contribution in [0.3, 0.4) is 0 Å². The topological polar surface area (TPSA) is 38.7 Å². The zero-order valence-corrected chi connectivity index (χ0v) is 11.4.